The number of benzene rings is 1. The molecule has 34 heavy (non-hydrogen) atoms. The number of anilines is 2. The van der Waals surface area contributed by atoms with Gasteiger partial charge in [-0.1, -0.05) is 23.9 Å². The van der Waals surface area contributed by atoms with Crippen LogP contribution in [0.3, 0.4) is 0 Å². The molecule has 8 nitrogen and oxygen atoms in total. The average Bonchev–Trinajstić information content (AvgIpc) is 3.56. The largest absolute Gasteiger partial charge is 0.467 e. The predicted molar refractivity (Wildman–Crippen MR) is 136 cm³/mol. The number of pyridine rings is 1. The zero-order valence-corrected chi connectivity index (χ0v) is 20.2. The number of aromatic nitrogens is 4. The summed E-state index contributed by atoms with van der Waals surface area (Å²) in [4.78, 5) is 18.7. The molecule has 3 N–H and O–H groups in total. The second kappa shape index (κ2) is 9.32. The average molecular weight is 491 g/mol. The Morgan fingerprint density at radius 2 is 2.06 bits per heavy atom. The Labute approximate surface area is 204 Å². The molecule has 0 spiro atoms. The third kappa shape index (κ3) is 4.29. The van der Waals surface area contributed by atoms with Gasteiger partial charge < -0.3 is 15.5 Å². The van der Waals surface area contributed by atoms with Gasteiger partial charge in [0.2, 0.25) is 5.91 Å². The summed E-state index contributed by atoms with van der Waals surface area (Å²) in [6.45, 7) is 4.43. The highest BCUT2D eigenvalue weighted by Crippen LogP contribution is 2.40. The Balaban J connectivity index is 1.43. The molecule has 0 bridgehead atoms. The third-order valence-electron chi connectivity index (χ3n) is 5.53. The fraction of sp³-hybridized carbons (Fsp3) is 0.167. The molecule has 0 aliphatic carbocycles. The number of carbonyl (C=O) groups excluding carboxylic acids is 1. The lowest BCUT2D eigenvalue weighted by atomic mass is 10.1. The van der Waals surface area contributed by atoms with Crippen molar-refractivity contribution in [1.82, 2.24) is 19.7 Å². The number of nitrogens with one attached hydrogen (secondary N) is 1. The monoisotopic (exact) mass is 490 g/mol. The highest BCUT2D eigenvalue weighted by molar-refractivity contribution is 7.99. The summed E-state index contributed by atoms with van der Waals surface area (Å²) in [5, 5.41) is 13.3. The minimum Gasteiger partial charge on any atom is -0.467 e. The molecule has 0 saturated heterocycles. The molecular weight excluding hydrogens is 468 g/mol. The second-order valence-electron chi connectivity index (χ2n) is 7.76. The van der Waals surface area contributed by atoms with Gasteiger partial charge in [0.1, 0.15) is 10.6 Å². The van der Waals surface area contributed by atoms with E-state index in [4.69, 9.17) is 10.2 Å². The van der Waals surface area contributed by atoms with Crippen LogP contribution < -0.4 is 11.1 Å². The van der Waals surface area contributed by atoms with E-state index in [1.807, 2.05) is 60.9 Å². The van der Waals surface area contributed by atoms with E-state index < -0.39 is 0 Å². The smallest absolute Gasteiger partial charge is 0.234 e. The molecule has 0 aliphatic heterocycles. The molecule has 5 aromatic rings. The van der Waals surface area contributed by atoms with Crippen molar-refractivity contribution in [2.75, 3.05) is 16.8 Å². The van der Waals surface area contributed by atoms with E-state index >= 15 is 0 Å². The van der Waals surface area contributed by atoms with E-state index in [0.717, 1.165) is 37.7 Å². The van der Waals surface area contributed by atoms with E-state index in [1.165, 1.54) is 23.1 Å². The Bertz CT molecular complexity index is 1470. The van der Waals surface area contributed by atoms with Crippen molar-refractivity contribution >= 4 is 50.6 Å². The number of rotatable bonds is 7. The third-order valence-corrected chi connectivity index (χ3v) is 7.62. The second-order valence-corrected chi connectivity index (χ2v) is 9.70. The predicted octanol–water partition coefficient (Wildman–Crippen LogP) is 5.13. The molecule has 4 aromatic heterocycles. The zero-order valence-electron chi connectivity index (χ0n) is 18.6. The molecule has 0 unspecified atom stereocenters. The Kier molecular flexibility index (Phi) is 6.08. The first kappa shape index (κ1) is 22.2. The number of nitrogen functional groups attached to an aromatic ring is 1. The number of hydrogen-bond donors (Lipinski definition) is 2. The molecule has 1 aromatic carbocycles. The zero-order chi connectivity index (χ0) is 23.7. The maximum absolute atomic E-state index is 12.7. The van der Waals surface area contributed by atoms with Crippen molar-refractivity contribution in [3.63, 3.8) is 0 Å². The first-order chi connectivity index (χ1) is 16.5. The van der Waals surface area contributed by atoms with Gasteiger partial charge in [0.05, 0.1) is 29.1 Å². The van der Waals surface area contributed by atoms with Crippen LogP contribution in [0.15, 0.2) is 64.5 Å². The SMILES string of the molecule is Cc1cccc(NC(=O)CSc2nnc(-c3sc4ncccc4c3N)n2Cc2ccco2)c1C. The van der Waals surface area contributed by atoms with Crippen molar-refractivity contribution < 1.29 is 9.21 Å². The maximum atomic E-state index is 12.7. The molecule has 4 heterocycles. The van der Waals surface area contributed by atoms with Crippen molar-refractivity contribution in [2.45, 2.75) is 25.5 Å². The molecule has 0 aliphatic rings. The lowest BCUT2D eigenvalue weighted by Crippen LogP contribution is -2.15. The standard InChI is InChI=1S/C24H22N6O2S2/c1-14-6-3-9-18(15(14)2)27-19(31)13-33-24-29-28-22(30(24)12-16-7-5-11-32-16)21-20(25)17-8-4-10-26-23(17)34-21/h3-11H,12-13,25H2,1-2H3,(H,27,31). The van der Waals surface area contributed by atoms with Crippen molar-refractivity contribution in [3.8, 4) is 10.7 Å². The number of thioether (sulfide) groups is 1. The quantitative estimate of drug-likeness (QED) is 0.304. The first-order valence-corrected chi connectivity index (χ1v) is 12.4. The molecular formula is C24H22N6O2S2. The summed E-state index contributed by atoms with van der Waals surface area (Å²) in [5.74, 6) is 1.45. The number of carbonyl (C=O) groups is 1. The van der Waals surface area contributed by atoms with Gasteiger partial charge in [-0.3, -0.25) is 9.36 Å². The Hall–Kier alpha value is -3.63. The number of amides is 1. The molecule has 0 saturated carbocycles. The summed E-state index contributed by atoms with van der Waals surface area (Å²) in [6, 6.07) is 13.4. The van der Waals surface area contributed by atoms with Crippen LogP contribution in [-0.2, 0) is 11.3 Å². The van der Waals surface area contributed by atoms with Gasteiger partial charge in [-0.15, -0.1) is 21.5 Å². The number of nitrogens with two attached hydrogens (primary N) is 1. The highest BCUT2D eigenvalue weighted by atomic mass is 32.2. The molecule has 0 radical (unpaired) electrons. The summed E-state index contributed by atoms with van der Waals surface area (Å²) >= 11 is 2.79. The van der Waals surface area contributed by atoms with E-state index in [-0.39, 0.29) is 11.7 Å². The van der Waals surface area contributed by atoms with Crippen molar-refractivity contribution in [2.24, 2.45) is 0 Å². The van der Waals surface area contributed by atoms with E-state index in [2.05, 4.69) is 20.5 Å². The molecule has 1 amide bonds. The van der Waals surface area contributed by atoms with Crippen LogP contribution in [0.25, 0.3) is 20.9 Å². The van der Waals surface area contributed by atoms with Gasteiger partial charge in [-0.05, 0) is 55.3 Å². The fourth-order valence-electron chi connectivity index (χ4n) is 3.58. The molecule has 0 fully saturated rings. The highest BCUT2D eigenvalue weighted by Gasteiger charge is 2.22. The van der Waals surface area contributed by atoms with E-state index in [1.54, 1.807) is 12.5 Å². The van der Waals surface area contributed by atoms with Crippen LogP contribution >= 0.6 is 23.1 Å². The molecule has 10 heteroatoms. The first-order valence-electron chi connectivity index (χ1n) is 10.6. The number of furan rings is 1. The molecule has 5 rings (SSSR count). The van der Waals surface area contributed by atoms with Gasteiger partial charge in [0.25, 0.3) is 0 Å². The van der Waals surface area contributed by atoms with Crippen LogP contribution in [0, 0.1) is 13.8 Å². The van der Waals surface area contributed by atoms with Crippen LogP contribution in [0.4, 0.5) is 11.4 Å². The van der Waals surface area contributed by atoms with Gasteiger partial charge in [0, 0.05) is 17.3 Å². The minimum absolute atomic E-state index is 0.113. The van der Waals surface area contributed by atoms with Crippen LogP contribution in [-0.4, -0.2) is 31.4 Å². The Morgan fingerprint density at radius 3 is 2.85 bits per heavy atom. The van der Waals surface area contributed by atoms with E-state index in [9.17, 15) is 4.79 Å². The van der Waals surface area contributed by atoms with Gasteiger partial charge in [-0.25, -0.2) is 4.98 Å². The normalized spacial score (nSPS) is 11.2. The molecule has 0 atom stereocenters. The number of nitrogens with zero attached hydrogens (tertiary/aromatic N) is 4. The summed E-state index contributed by atoms with van der Waals surface area (Å²) < 4.78 is 7.49. The molecule has 172 valence electrons. The minimum atomic E-state index is -0.113. The number of fused-ring (bicyclic) bond motifs is 1. The fourth-order valence-corrected chi connectivity index (χ4v) is 5.38. The number of hydrogen-bond acceptors (Lipinski definition) is 8. The maximum Gasteiger partial charge on any atom is 0.234 e. The van der Waals surface area contributed by atoms with Gasteiger partial charge in [-0.2, -0.15) is 0 Å². The summed E-state index contributed by atoms with van der Waals surface area (Å²) in [6.07, 6.45) is 3.37. The lowest BCUT2D eigenvalue weighted by molar-refractivity contribution is -0.113. The number of aryl methyl sites for hydroxylation is 1. The van der Waals surface area contributed by atoms with Crippen LogP contribution in [0.5, 0.6) is 0 Å². The summed E-state index contributed by atoms with van der Waals surface area (Å²) in [7, 11) is 0. The van der Waals surface area contributed by atoms with Gasteiger partial charge in [0.15, 0.2) is 11.0 Å². The van der Waals surface area contributed by atoms with Crippen molar-refractivity contribution in [1.29, 1.82) is 0 Å². The Morgan fingerprint density at radius 1 is 1.18 bits per heavy atom. The van der Waals surface area contributed by atoms with Crippen LogP contribution in [0.1, 0.15) is 16.9 Å². The number of thiophene rings is 1. The van der Waals surface area contributed by atoms with Gasteiger partial charge >= 0.3 is 0 Å². The van der Waals surface area contributed by atoms with Crippen molar-refractivity contribution in [3.05, 3.63) is 71.8 Å². The van der Waals surface area contributed by atoms with E-state index in [0.29, 0.717) is 23.2 Å². The van der Waals surface area contributed by atoms with Crippen LogP contribution in [0.2, 0.25) is 0 Å². The lowest BCUT2D eigenvalue weighted by Gasteiger charge is -2.11. The summed E-state index contributed by atoms with van der Waals surface area (Å²) in [5.41, 5.74) is 10.1. The topological polar surface area (TPSA) is 112 Å².